The Labute approximate surface area is 220 Å². The van der Waals surface area contributed by atoms with E-state index in [0.29, 0.717) is 19.3 Å². The number of benzene rings is 3. The van der Waals surface area contributed by atoms with Gasteiger partial charge in [0.15, 0.2) is 0 Å². The van der Waals surface area contributed by atoms with Crippen molar-refractivity contribution in [2.45, 2.75) is 48.1 Å². The lowest BCUT2D eigenvalue weighted by atomic mass is 9.92. The van der Waals surface area contributed by atoms with Crippen molar-refractivity contribution in [1.82, 2.24) is 14.0 Å². The fourth-order valence-corrected chi connectivity index (χ4v) is 7.24. The Bertz CT molecular complexity index is 1700. The SMILES string of the molecule is O=C(CCn1c2c(c3ccccc31)C[C@H](NS(=O)(=O)c1ccc(F)cc1)CC2)NS(=O)(=O)c1ccccc1. The number of hydrogen-bond donors (Lipinski definition) is 2. The van der Waals surface area contributed by atoms with Gasteiger partial charge in [0.2, 0.25) is 15.9 Å². The Morgan fingerprint density at radius 3 is 2.26 bits per heavy atom. The smallest absolute Gasteiger partial charge is 0.264 e. The number of carbonyl (C=O) groups excluding carboxylic acids is 1. The molecular formula is C27H26FN3O5S2. The summed E-state index contributed by atoms with van der Waals surface area (Å²) in [5, 5.41) is 0.963. The van der Waals surface area contributed by atoms with Crippen molar-refractivity contribution in [3.05, 3.63) is 95.9 Å². The quantitative estimate of drug-likeness (QED) is 0.345. The Balaban J connectivity index is 1.33. The van der Waals surface area contributed by atoms with Crippen molar-refractivity contribution < 1.29 is 26.0 Å². The van der Waals surface area contributed by atoms with Crippen molar-refractivity contribution in [2.24, 2.45) is 0 Å². The lowest BCUT2D eigenvalue weighted by Crippen LogP contribution is -2.39. The normalized spacial score (nSPS) is 15.8. The zero-order chi connectivity index (χ0) is 26.9. The Kier molecular flexibility index (Phi) is 7.08. The molecule has 1 amide bonds. The van der Waals surface area contributed by atoms with Crippen LogP contribution >= 0.6 is 0 Å². The van der Waals surface area contributed by atoms with E-state index in [1.807, 2.05) is 28.8 Å². The molecule has 0 bridgehead atoms. The van der Waals surface area contributed by atoms with E-state index in [9.17, 15) is 26.0 Å². The highest BCUT2D eigenvalue weighted by Crippen LogP contribution is 2.33. The van der Waals surface area contributed by atoms with E-state index in [1.54, 1.807) is 18.2 Å². The van der Waals surface area contributed by atoms with Gasteiger partial charge in [-0.1, -0.05) is 36.4 Å². The number of fused-ring (bicyclic) bond motifs is 3. The highest BCUT2D eigenvalue weighted by Gasteiger charge is 2.29. The molecule has 4 aromatic rings. The van der Waals surface area contributed by atoms with Crippen molar-refractivity contribution in [3.8, 4) is 0 Å². The molecule has 5 rings (SSSR count). The number of nitrogens with one attached hydrogen (secondary N) is 2. The average Bonchev–Trinajstić information content (AvgIpc) is 3.21. The first-order chi connectivity index (χ1) is 18.1. The van der Waals surface area contributed by atoms with Gasteiger partial charge in [0.25, 0.3) is 10.0 Å². The van der Waals surface area contributed by atoms with Crippen LogP contribution in [0, 0.1) is 5.82 Å². The monoisotopic (exact) mass is 555 g/mol. The van der Waals surface area contributed by atoms with Crippen LogP contribution in [0.15, 0.2) is 88.7 Å². The van der Waals surface area contributed by atoms with E-state index in [1.165, 1.54) is 24.3 Å². The Morgan fingerprint density at radius 1 is 0.868 bits per heavy atom. The number of aryl methyl sites for hydroxylation is 1. The molecule has 1 aromatic heterocycles. The van der Waals surface area contributed by atoms with Crippen LogP contribution in [0.2, 0.25) is 0 Å². The van der Waals surface area contributed by atoms with Crippen molar-refractivity contribution in [1.29, 1.82) is 0 Å². The van der Waals surface area contributed by atoms with Gasteiger partial charge in [0.05, 0.1) is 9.79 Å². The molecule has 38 heavy (non-hydrogen) atoms. The maximum Gasteiger partial charge on any atom is 0.264 e. The van der Waals surface area contributed by atoms with Crippen LogP contribution < -0.4 is 9.44 Å². The highest BCUT2D eigenvalue weighted by molar-refractivity contribution is 7.90. The zero-order valence-corrected chi connectivity index (χ0v) is 21.9. The van der Waals surface area contributed by atoms with E-state index < -0.39 is 31.8 Å². The second-order valence-electron chi connectivity index (χ2n) is 9.20. The molecule has 1 heterocycles. The molecule has 0 saturated heterocycles. The number of rotatable bonds is 8. The van der Waals surface area contributed by atoms with Gasteiger partial charge in [-0.05, 0) is 67.3 Å². The number of para-hydroxylation sites is 1. The molecule has 0 radical (unpaired) electrons. The molecule has 1 aliphatic rings. The topological polar surface area (TPSA) is 114 Å². The third kappa shape index (κ3) is 5.35. The van der Waals surface area contributed by atoms with E-state index >= 15 is 0 Å². The number of hydrogen-bond acceptors (Lipinski definition) is 5. The number of carbonyl (C=O) groups is 1. The largest absolute Gasteiger partial charge is 0.344 e. The summed E-state index contributed by atoms with van der Waals surface area (Å²) in [6.07, 6.45) is 1.53. The minimum atomic E-state index is -3.96. The summed E-state index contributed by atoms with van der Waals surface area (Å²) in [7, 11) is -7.78. The van der Waals surface area contributed by atoms with Crippen molar-refractivity contribution >= 4 is 36.9 Å². The second kappa shape index (κ2) is 10.3. The molecule has 3 aromatic carbocycles. The van der Waals surface area contributed by atoms with Crippen molar-refractivity contribution in [3.63, 3.8) is 0 Å². The van der Waals surface area contributed by atoms with E-state index in [4.69, 9.17) is 0 Å². The summed E-state index contributed by atoms with van der Waals surface area (Å²) >= 11 is 0. The zero-order valence-electron chi connectivity index (χ0n) is 20.3. The summed E-state index contributed by atoms with van der Waals surface area (Å²) in [4.78, 5) is 12.6. The number of aromatic nitrogens is 1. The van der Waals surface area contributed by atoms with E-state index in [-0.39, 0.29) is 28.8 Å². The Hall–Kier alpha value is -3.54. The number of sulfonamides is 2. The van der Waals surface area contributed by atoms with E-state index in [2.05, 4.69) is 9.44 Å². The van der Waals surface area contributed by atoms with Crippen LogP contribution in [0.25, 0.3) is 10.9 Å². The first kappa shape index (κ1) is 26.1. The fourth-order valence-electron chi connectivity index (χ4n) is 4.93. The molecule has 0 aliphatic heterocycles. The summed E-state index contributed by atoms with van der Waals surface area (Å²) in [5.41, 5.74) is 2.90. The van der Waals surface area contributed by atoms with Crippen LogP contribution in [0.1, 0.15) is 24.1 Å². The lowest BCUT2D eigenvalue weighted by molar-refractivity contribution is -0.119. The summed E-state index contributed by atoms with van der Waals surface area (Å²) in [6, 6.07) is 19.7. The summed E-state index contributed by atoms with van der Waals surface area (Å²) < 4.78 is 70.9. The molecule has 8 nitrogen and oxygen atoms in total. The van der Waals surface area contributed by atoms with Crippen molar-refractivity contribution in [2.75, 3.05) is 0 Å². The minimum Gasteiger partial charge on any atom is -0.344 e. The maximum atomic E-state index is 13.2. The summed E-state index contributed by atoms with van der Waals surface area (Å²) in [5.74, 6) is -1.12. The number of nitrogens with zero attached hydrogens (tertiary/aromatic N) is 1. The van der Waals surface area contributed by atoms with Gasteiger partial charge in [0.1, 0.15) is 5.82 Å². The fraction of sp³-hybridized carbons (Fsp3) is 0.222. The van der Waals surface area contributed by atoms with Gasteiger partial charge < -0.3 is 4.57 Å². The third-order valence-corrected chi connectivity index (χ3v) is 9.61. The number of amides is 1. The van der Waals surface area contributed by atoms with Gasteiger partial charge in [0, 0.05) is 35.6 Å². The van der Waals surface area contributed by atoms with Gasteiger partial charge in [-0.2, -0.15) is 0 Å². The predicted molar refractivity (Wildman–Crippen MR) is 141 cm³/mol. The molecule has 0 unspecified atom stereocenters. The van der Waals surface area contributed by atoms with Gasteiger partial charge >= 0.3 is 0 Å². The molecule has 2 N–H and O–H groups in total. The lowest BCUT2D eigenvalue weighted by Gasteiger charge is -2.25. The molecule has 1 atom stereocenters. The number of halogens is 1. The molecule has 0 spiro atoms. The van der Waals surface area contributed by atoms with E-state index in [0.717, 1.165) is 34.3 Å². The minimum absolute atomic E-state index is 0.00333. The first-order valence-corrected chi connectivity index (χ1v) is 15.1. The third-order valence-electron chi connectivity index (χ3n) is 6.68. The standard InChI is InChI=1S/C27H26FN3O5S2/c28-19-10-13-22(14-11-19)37(33,34)29-20-12-15-26-24(18-20)23-8-4-5-9-25(23)31(26)17-16-27(32)30-38(35,36)21-6-2-1-3-7-21/h1-11,13-14,20,29H,12,15-18H2,(H,30,32)/t20-/m1/s1. The molecule has 11 heteroatoms. The van der Waals surface area contributed by atoms with Crippen LogP contribution in [0.5, 0.6) is 0 Å². The van der Waals surface area contributed by atoms with Crippen LogP contribution in [-0.2, 0) is 44.2 Å². The Morgan fingerprint density at radius 2 is 1.53 bits per heavy atom. The van der Waals surface area contributed by atoms with Crippen LogP contribution in [0.3, 0.4) is 0 Å². The molecule has 198 valence electrons. The highest BCUT2D eigenvalue weighted by atomic mass is 32.2. The second-order valence-corrected chi connectivity index (χ2v) is 12.6. The van der Waals surface area contributed by atoms with Crippen LogP contribution in [-0.4, -0.2) is 33.4 Å². The predicted octanol–water partition coefficient (Wildman–Crippen LogP) is 3.51. The molecular weight excluding hydrogens is 529 g/mol. The molecule has 0 saturated carbocycles. The van der Waals surface area contributed by atoms with Gasteiger partial charge in [-0.25, -0.2) is 30.7 Å². The molecule has 0 fully saturated rings. The summed E-state index contributed by atoms with van der Waals surface area (Å²) in [6.45, 7) is 0.276. The van der Waals surface area contributed by atoms with Crippen LogP contribution in [0.4, 0.5) is 4.39 Å². The van der Waals surface area contributed by atoms with Gasteiger partial charge in [-0.3, -0.25) is 4.79 Å². The molecule has 1 aliphatic carbocycles. The average molecular weight is 556 g/mol. The first-order valence-electron chi connectivity index (χ1n) is 12.1. The van der Waals surface area contributed by atoms with Gasteiger partial charge in [-0.15, -0.1) is 0 Å². The maximum absolute atomic E-state index is 13.2.